The fourth-order valence-electron chi connectivity index (χ4n) is 14.7. The number of thioether (sulfide) groups is 1. The molecule has 37 nitrogen and oxygen atoms in total. The lowest BCUT2D eigenvalue weighted by Crippen LogP contribution is -2.61. The smallest absolute Gasteiger partial charge is 0.305 e. The van der Waals surface area contributed by atoms with Crippen LogP contribution in [0.25, 0.3) is 10.9 Å². The fourth-order valence-corrected chi connectivity index (χ4v) is 15.6. The van der Waals surface area contributed by atoms with Gasteiger partial charge in [-0.25, -0.2) is 4.98 Å². The van der Waals surface area contributed by atoms with E-state index in [9.17, 15) is 58.5 Å². The Labute approximate surface area is 745 Å². The molecule has 0 bridgehead atoms. The first-order chi connectivity index (χ1) is 60.9. The van der Waals surface area contributed by atoms with Crippen LogP contribution in [0.15, 0.2) is 152 Å². The maximum Gasteiger partial charge on any atom is 0.305 e. The molecule has 1 aliphatic rings. The van der Waals surface area contributed by atoms with E-state index < -0.39 is 205 Å². The number of nitrogens with zero attached hydrogens (tertiary/aromatic N) is 6. The van der Waals surface area contributed by atoms with Gasteiger partial charge in [0.25, 0.3) is 0 Å². The molecule has 38 heteroatoms. The number of carbonyl (C=O) groups excluding carboxylic acids is 15. The third-order valence-electron chi connectivity index (χ3n) is 21.8. The topological polar surface area (TPSA) is 529 Å². The molecule has 128 heavy (non-hydrogen) atoms. The molecule has 0 aliphatic carbocycles. The van der Waals surface area contributed by atoms with Crippen molar-refractivity contribution in [2.24, 2.45) is 17.6 Å². The Balaban J connectivity index is 1.21. The molecule has 2 aromatic heterocycles. The molecule has 0 saturated carbocycles. The Morgan fingerprint density at radius 3 is 1.55 bits per heavy atom. The number of hydrogen-bond donors (Lipinski definition) is 15. The number of fused-ring (bicyclic) bond motifs is 1. The SMILES string of the molecule is CCCC[C@H]1C(=O)N(C)CC(=O)N[C@@H](CC(=O)O)C(=O)N[C@@H](C(C)C)C(=O)N(C)[C@@H](Cc2ccccc2)C(=O)N[C@@H](Cc2ccc(O)cc2)C(=O)N(C)CC(=O)N[C@@H](Cc2c[nH]c3ccccc23)C(=O)N[C@@H](Cc2ccc(O)cc2)C(=O)N[C@@H](CC(C)C)C(=O)N[C@H](C(=O)NCC(N)=O)CSCC(=O)N[C@@H](Cc2cnc[nH]2)C(=O)N(C)[C@@H](Cc2ccccc2)C(=O)N1C. The van der Waals surface area contributed by atoms with Gasteiger partial charge in [0, 0.05) is 109 Å². The van der Waals surface area contributed by atoms with Crippen molar-refractivity contribution in [3.05, 3.63) is 186 Å². The van der Waals surface area contributed by atoms with Crippen LogP contribution in [-0.2, 0) is 115 Å². The van der Waals surface area contributed by atoms with Gasteiger partial charge in [0.15, 0.2) is 0 Å². The number of benzene rings is 5. The number of aromatic nitrogens is 3. The Bertz CT molecular complexity index is 5020. The highest BCUT2D eigenvalue weighted by atomic mass is 32.2. The summed E-state index contributed by atoms with van der Waals surface area (Å²) >= 11 is 0.811. The van der Waals surface area contributed by atoms with Gasteiger partial charge in [0.05, 0.1) is 38.1 Å². The van der Waals surface area contributed by atoms with Gasteiger partial charge in [-0.1, -0.05) is 151 Å². The number of carbonyl (C=O) groups is 16. The predicted octanol–water partition coefficient (Wildman–Crippen LogP) is 1.05. The number of aliphatic carboxylic acids is 1. The number of H-pyrrole nitrogens is 2. The number of nitrogens with two attached hydrogens (primary N) is 1. The lowest BCUT2D eigenvalue weighted by atomic mass is 9.98. The lowest BCUT2D eigenvalue weighted by molar-refractivity contribution is -0.151. The van der Waals surface area contributed by atoms with Crippen molar-refractivity contribution < 1.29 is 92.0 Å². The molecule has 0 unspecified atom stereocenters. The number of aromatic hydroxyl groups is 2. The van der Waals surface area contributed by atoms with E-state index in [2.05, 4.69) is 62.8 Å². The molecule has 686 valence electrons. The summed E-state index contributed by atoms with van der Waals surface area (Å²) in [5.41, 5.74) is 8.86. The molecule has 1 fully saturated rings. The quantitative estimate of drug-likeness (QED) is 0.0426. The zero-order valence-corrected chi connectivity index (χ0v) is 74.1. The summed E-state index contributed by atoms with van der Waals surface area (Å²) in [5.74, 6) is -17.6. The molecule has 15 amide bonds. The molecular formula is C90H116N18O19S. The fraction of sp³-hybridized carbons (Fsp3) is 0.433. The average molecular weight is 1790 g/mol. The number of carboxylic acid groups (broad SMARTS) is 1. The largest absolute Gasteiger partial charge is 0.508 e. The number of phenolic OH excluding ortho intramolecular Hbond substituents is 2. The predicted molar refractivity (Wildman–Crippen MR) is 474 cm³/mol. The number of rotatable bonds is 23. The Morgan fingerprint density at radius 1 is 0.500 bits per heavy atom. The van der Waals surface area contributed by atoms with Crippen molar-refractivity contribution in [3.63, 3.8) is 0 Å². The molecule has 1 aliphatic heterocycles. The molecular weight excluding hydrogens is 1670 g/mol. The van der Waals surface area contributed by atoms with Gasteiger partial charge in [-0.3, -0.25) is 76.7 Å². The third-order valence-corrected chi connectivity index (χ3v) is 22.8. The number of primary amides is 1. The number of imidazole rings is 1. The molecule has 0 spiro atoms. The molecule has 1 saturated heterocycles. The number of hydrogen-bond acceptors (Lipinski definition) is 20. The van der Waals surface area contributed by atoms with Crippen molar-refractivity contribution >= 4 is 117 Å². The van der Waals surface area contributed by atoms with E-state index >= 15 is 33.6 Å². The van der Waals surface area contributed by atoms with E-state index in [0.29, 0.717) is 57.3 Å². The van der Waals surface area contributed by atoms with Crippen LogP contribution in [0.1, 0.15) is 100 Å². The van der Waals surface area contributed by atoms with E-state index in [1.165, 1.54) is 96.3 Å². The molecule has 5 aromatic carbocycles. The van der Waals surface area contributed by atoms with Crippen LogP contribution in [0.3, 0.4) is 0 Å². The van der Waals surface area contributed by atoms with Crippen molar-refractivity contribution in [1.29, 1.82) is 0 Å². The number of unbranched alkanes of at least 4 members (excludes halogenated alkanes) is 1. The van der Waals surface area contributed by atoms with E-state index in [1.54, 1.807) is 119 Å². The van der Waals surface area contributed by atoms with Crippen LogP contribution in [0.4, 0.5) is 0 Å². The second-order valence-electron chi connectivity index (χ2n) is 32.7. The number of aromatic amines is 2. The summed E-state index contributed by atoms with van der Waals surface area (Å²) in [6.07, 6.45) is 2.69. The molecule has 11 atom stereocenters. The Morgan fingerprint density at radius 2 is 0.992 bits per heavy atom. The van der Waals surface area contributed by atoms with Crippen molar-refractivity contribution in [3.8, 4) is 11.5 Å². The summed E-state index contributed by atoms with van der Waals surface area (Å²) in [4.78, 5) is 250. The number of amides is 15. The zero-order chi connectivity index (χ0) is 93.6. The second kappa shape index (κ2) is 48.1. The third kappa shape index (κ3) is 29.7. The van der Waals surface area contributed by atoms with E-state index in [4.69, 9.17) is 5.73 Å². The van der Waals surface area contributed by atoms with E-state index in [0.717, 1.165) is 36.3 Å². The van der Waals surface area contributed by atoms with Crippen LogP contribution in [0.5, 0.6) is 11.5 Å². The molecule has 7 aromatic rings. The number of likely N-dealkylation sites (N-methyl/N-ethyl adjacent to an activating group) is 5. The first kappa shape index (κ1) is 99.7. The summed E-state index contributed by atoms with van der Waals surface area (Å²) < 4.78 is 0. The minimum absolute atomic E-state index is 0.0218. The highest BCUT2D eigenvalue weighted by molar-refractivity contribution is 8.00. The highest BCUT2D eigenvalue weighted by Crippen LogP contribution is 2.24. The standard InChI is InChI=1S/C90H116N18O19S/c1-11-12-27-71-88(125)105(7)48-76(113)97-67(43-78(115)116)84(121)103-79(53(4)5)90(127)107(9)72(39-54-21-15-13-16-22-54)85(122)101-68(38-57-30-34-61(110)35-31-57)86(123)104(6)47-75(112)96-66(41-58-44-93-63-26-20-19-25-62(58)63)83(120)100-65(37-56-28-32-60(109)33-29-56)82(119)99-64(36-52(2)3)81(118)102-70(80(117)94-46-74(91)111)49-128-50-77(114)98-69(42-59-45-92-51-95-59)87(124)108(10)73(89(126)106(71)8)40-55-23-17-14-18-24-55/h13-26,28-35,44-45,51-53,64-73,79,93,109-110H,11-12,27,36-43,46-50H2,1-10H3,(H2,91,111)(H,92,95)(H,94,117)(H,96,112)(H,97,113)(H,98,114)(H,99,119)(H,100,120)(H,101,122)(H,102,118)(H,103,121)(H,115,116)/t64-,65-,66-,67-,68-,69-,70-,71-,72-,73-,79-/m0/s1. The normalized spacial score (nSPS) is 22.0. The van der Waals surface area contributed by atoms with Gasteiger partial charge in [-0.2, -0.15) is 0 Å². The Kier molecular flexibility index (Phi) is 37.5. The zero-order valence-electron chi connectivity index (χ0n) is 73.3. The maximum atomic E-state index is 15.5. The van der Waals surface area contributed by atoms with Crippen LogP contribution >= 0.6 is 11.8 Å². The van der Waals surface area contributed by atoms with Crippen molar-refractivity contribution in [2.45, 2.75) is 172 Å². The maximum absolute atomic E-state index is 15.5. The van der Waals surface area contributed by atoms with Crippen LogP contribution < -0.4 is 53.6 Å². The lowest BCUT2D eigenvalue weighted by Gasteiger charge is -2.37. The van der Waals surface area contributed by atoms with Gasteiger partial charge in [-0.05, 0) is 82.8 Å². The molecule has 16 N–H and O–H groups in total. The minimum Gasteiger partial charge on any atom is -0.508 e. The number of phenols is 2. The first-order valence-electron chi connectivity index (χ1n) is 42.1. The first-order valence-corrected chi connectivity index (χ1v) is 43.2. The summed E-state index contributed by atoms with van der Waals surface area (Å²) in [6.45, 7) is 6.13. The number of para-hydroxylation sites is 1. The average Bonchev–Trinajstić information content (AvgIpc) is 1.81. The molecule has 0 radical (unpaired) electrons. The molecule has 3 heterocycles. The monoisotopic (exact) mass is 1780 g/mol. The highest BCUT2D eigenvalue weighted by Gasteiger charge is 2.42. The number of nitrogens with one attached hydrogen (secondary N) is 11. The van der Waals surface area contributed by atoms with Crippen LogP contribution in [0, 0.1) is 11.8 Å². The van der Waals surface area contributed by atoms with Crippen LogP contribution in [0.2, 0.25) is 0 Å². The van der Waals surface area contributed by atoms with Crippen molar-refractivity contribution in [2.75, 3.05) is 66.4 Å². The van der Waals surface area contributed by atoms with Gasteiger partial charge in [-0.15, -0.1) is 11.8 Å². The summed E-state index contributed by atoms with van der Waals surface area (Å²) in [5, 5.41) is 55.4. The minimum atomic E-state index is -1.91. The summed E-state index contributed by atoms with van der Waals surface area (Å²) in [6, 6.07) is 18.4. The number of carboxylic acids is 1. The van der Waals surface area contributed by atoms with Gasteiger partial charge in [0.1, 0.15) is 78.0 Å². The Hall–Kier alpha value is -13.7. The van der Waals surface area contributed by atoms with Gasteiger partial charge >= 0.3 is 5.97 Å². The van der Waals surface area contributed by atoms with E-state index in [1.807, 2.05) is 6.92 Å². The van der Waals surface area contributed by atoms with E-state index in [-0.39, 0.29) is 68.8 Å². The van der Waals surface area contributed by atoms with Gasteiger partial charge < -0.3 is 103 Å². The van der Waals surface area contributed by atoms with Crippen LogP contribution in [-0.4, -0.2) is 282 Å². The summed E-state index contributed by atoms with van der Waals surface area (Å²) in [7, 11) is 6.48. The molecule has 8 rings (SSSR count). The van der Waals surface area contributed by atoms with Gasteiger partial charge in [0.2, 0.25) is 88.6 Å². The second-order valence-corrected chi connectivity index (χ2v) is 33.7. The van der Waals surface area contributed by atoms with Crippen molar-refractivity contribution in [1.82, 2.24) is 87.3 Å².